The Kier molecular flexibility index (Phi) is 4.65. The van der Waals surface area contributed by atoms with Gasteiger partial charge in [-0.3, -0.25) is 0 Å². The maximum absolute atomic E-state index is 10.7. The topological polar surface area (TPSA) is 41.8 Å². The van der Waals surface area contributed by atoms with E-state index in [4.69, 9.17) is 4.74 Å². The summed E-state index contributed by atoms with van der Waals surface area (Å²) in [6.45, 7) is 14.5. The Labute approximate surface area is 139 Å². The number of fused-ring (bicyclic) bond motifs is 1. The van der Waals surface area contributed by atoms with Gasteiger partial charge in [0.05, 0.1) is 11.6 Å². The second kappa shape index (κ2) is 6.06. The largest absolute Gasteiger partial charge is 0.347 e. The Morgan fingerprint density at radius 3 is 2.61 bits per heavy atom. The van der Waals surface area contributed by atoms with E-state index < -0.39 is 5.91 Å². The summed E-state index contributed by atoms with van der Waals surface area (Å²) in [5.74, 6) is -1.80. The van der Waals surface area contributed by atoms with Gasteiger partial charge in [0.15, 0.2) is 0 Å². The number of hydrogen-bond acceptors (Lipinski definition) is 3. The average Bonchev–Trinajstić information content (AvgIpc) is 2.47. The van der Waals surface area contributed by atoms with Crippen molar-refractivity contribution in [2.45, 2.75) is 46.4 Å². The third-order valence-corrected chi connectivity index (χ3v) is 4.16. The molecule has 3 nitrogen and oxygen atoms in total. The van der Waals surface area contributed by atoms with Crippen molar-refractivity contribution < 1.29 is 9.84 Å². The number of allylic oxidation sites excluding steroid dienone is 3. The van der Waals surface area contributed by atoms with E-state index in [0.29, 0.717) is 5.71 Å². The Morgan fingerprint density at radius 1 is 1.39 bits per heavy atom. The van der Waals surface area contributed by atoms with Crippen LogP contribution in [0, 0.1) is 12.3 Å². The number of aryl methyl sites for hydroxylation is 1. The fourth-order valence-electron chi connectivity index (χ4n) is 2.67. The van der Waals surface area contributed by atoms with Gasteiger partial charge in [0, 0.05) is 12.7 Å². The SMILES string of the molecule is C=C(/C=C\C(C)(C)C)C1=N[C@](O)(OC)C(C)c2ccc(C)cc21. The second-order valence-corrected chi connectivity index (χ2v) is 7.36. The number of rotatable bonds is 3. The summed E-state index contributed by atoms with van der Waals surface area (Å²) in [6, 6.07) is 6.17. The van der Waals surface area contributed by atoms with Crippen LogP contribution in [0.4, 0.5) is 0 Å². The number of aliphatic hydroxyl groups is 1. The third-order valence-electron chi connectivity index (χ3n) is 4.16. The lowest BCUT2D eigenvalue weighted by Crippen LogP contribution is -2.40. The van der Waals surface area contributed by atoms with Gasteiger partial charge < -0.3 is 9.84 Å². The van der Waals surface area contributed by atoms with E-state index in [1.165, 1.54) is 7.11 Å². The van der Waals surface area contributed by atoms with Gasteiger partial charge in [0.1, 0.15) is 0 Å². The van der Waals surface area contributed by atoms with Gasteiger partial charge in [-0.2, -0.15) is 0 Å². The van der Waals surface area contributed by atoms with Crippen molar-refractivity contribution in [3.8, 4) is 0 Å². The molecule has 23 heavy (non-hydrogen) atoms. The van der Waals surface area contributed by atoms with Gasteiger partial charge in [-0.15, -0.1) is 0 Å². The summed E-state index contributed by atoms with van der Waals surface area (Å²) in [6.07, 6.45) is 4.06. The van der Waals surface area contributed by atoms with Gasteiger partial charge in [-0.05, 0) is 29.5 Å². The van der Waals surface area contributed by atoms with Gasteiger partial charge in [0.25, 0.3) is 5.91 Å². The van der Waals surface area contributed by atoms with Crippen LogP contribution in [0.1, 0.15) is 50.3 Å². The molecule has 0 aliphatic carbocycles. The van der Waals surface area contributed by atoms with E-state index in [-0.39, 0.29) is 11.3 Å². The number of hydrogen-bond donors (Lipinski definition) is 1. The zero-order valence-electron chi connectivity index (χ0n) is 15.0. The second-order valence-electron chi connectivity index (χ2n) is 7.36. The zero-order valence-corrected chi connectivity index (χ0v) is 15.0. The summed E-state index contributed by atoms with van der Waals surface area (Å²) >= 11 is 0. The Bertz CT molecular complexity index is 679. The summed E-state index contributed by atoms with van der Waals surface area (Å²) in [5, 5.41) is 10.7. The molecule has 3 heteroatoms. The molecule has 0 spiro atoms. The molecule has 1 aliphatic rings. The van der Waals surface area contributed by atoms with Gasteiger partial charge in [0.2, 0.25) is 0 Å². The van der Waals surface area contributed by atoms with E-state index in [9.17, 15) is 5.11 Å². The van der Waals surface area contributed by atoms with E-state index in [1.54, 1.807) is 0 Å². The van der Waals surface area contributed by atoms with E-state index in [0.717, 1.165) is 22.3 Å². The van der Waals surface area contributed by atoms with Crippen LogP contribution in [0.15, 0.2) is 47.5 Å². The number of nitrogens with zero attached hydrogens (tertiary/aromatic N) is 1. The highest BCUT2D eigenvalue weighted by molar-refractivity contribution is 6.15. The highest BCUT2D eigenvalue weighted by Crippen LogP contribution is 2.38. The van der Waals surface area contributed by atoms with Crippen LogP contribution in [-0.4, -0.2) is 23.8 Å². The van der Waals surface area contributed by atoms with Crippen molar-refractivity contribution in [3.05, 3.63) is 59.2 Å². The van der Waals surface area contributed by atoms with Crippen LogP contribution in [0.2, 0.25) is 0 Å². The zero-order chi connectivity index (χ0) is 17.4. The van der Waals surface area contributed by atoms with Crippen molar-refractivity contribution in [2.75, 3.05) is 7.11 Å². The summed E-state index contributed by atoms with van der Waals surface area (Å²) in [5.41, 5.74) is 4.70. The molecule has 0 radical (unpaired) electrons. The predicted octanol–water partition coefficient (Wildman–Crippen LogP) is 4.35. The first-order chi connectivity index (χ1) is 10.6. The molecule has 2 atom stereocenters. The number of ether oxygens (including phenoxy) is 1. The monoisotopic (exact) mass is 313 g/mol. The first-order valence-electron chi connectivity index (χ1n) is 7.94. The molecule has 0 saturated carbocycles. The van der Waals surface area contributed by atoms with E-state index in [2.05, 4.69) is 44.5 Å². The molecule has 0 bridgehead atoms. The third kappa shape index (κ3) is 3.62. The molecule has 2 rings (SSSR count). The molecular formula is C20H27NO2. The van der Waals surface area contributed by atoms with Crippen LogP contribution in [0.25, 0.3) is 0 Å². The van der Waals surface area contributed by atoms with Crippen LogP contribution in [-0.2, 0) is 4.74 Å². The lowest BCUT2D eigenvalue weighted by atomic mass is 9.84. The minimum Gasteiger partial charge on any atom is -0.347 e. The molecule has 1 aliphatic heterocycles. The molecule has 1 heterocycles. The van der Waals surface area contributed by atoms with Gasteiger partial charge >= 0.3 is 0 Å². The van der Waals surface area contributed by atoms with E-state index in [1.807, 2.05) is 32.1 Å². The summed E-state index contributed by atoms with van der Waals surface area (Å²) in [4.78, 5) is 4.50. The molecular weight excluding hydrogens is 286 g/mol. The van der Waals surface area contributed by atoms with Crippen molar-refractivity contribution in [2.24, 2.45) is 10.4 Å². The van der Waals surface area contributed by atoms with Crippen LogP contribution in [0.5, 0.6) is 0 Å². The van der Waals surface area contributed by atoms with Crippen molar-refractivity contribution in [3.63, 3.8) is 0 Å². The Hall–Kier alpha value is -1.71. The maximum Gasteiger partial charge on any atom is 0.274 e. The molecule has 0 amide bonds. The maximum atomic E-state index is 10.7. The van der Waals surface area contributed by atoms with Crippen LogP contribution >= 0.6 is 0 Å². The number of aliphatic imine (C=N–C) groups is 1. The molecule has 1 aromatic carbocycles. The molecule has 1 N–H and O–H groups in total. The Balaban J connectivity index is 2.56. The summed E-state index contributed by atoms with van der Waals surface area (Å²) in [7, 11) is 1.48. The van der Waals surface area contributed by atoms with Crippen molar-refractivity contribution in [1.29, 1.82) is 0 Å². The standard InChI is InChI=1S/C20H27NO2/c1-13-8-9-16-15(3)20(22,23-7)21-18(17(16)12-13)14(2)10-11-19(4,5)6/h8-12,15,22H,2H2,1,3-7H3/b11-10-/t15?,20-/m1/s1. The average molecular weight is 313 g/mol. The minimum atomic E-state index is -1.56. The molecule has 1 aromatic rings. The molecule has 124 valence electrons. The lowest BCUT2D eigenvalue weighted by molar-refractivity contribution is -0.193. The normalized spacial score (nSPS) is 24.5. The number of methoxy groups -OCH3 is 1. The highest BCUT2D eigenvalue weighted by Gasteiger charge is 2.40. The van der Waals surface area contributed by atoms with Gasteiger partial charge in [-0.1, -0.05) is 64.1 Å². The quantitative estimate of drug-likeness (QED) is 0.666. The van der Waals surface area contributed by atoms with Crippen molar-refractivity contribution in [1.82, 2.24) is 0 Å². The van der Waals surface area contributed by atoms with Crippen LogP contribution in [0.3, 0.4) is 0 Å². The fraction of sp³-hybridized carbons (Fsp3) is 0.450. The summed E-state index contributed by atoms with van der Waals surface area (Å²) < 4.78 is 5.31. The lowest BCUT2D eigenvalue weighted by Gasteiger charge is -2.35. The van der Waals surface area contributed by atoms with Gasteiger partial charge in [-0.25, -0.2) is 4.99 Å². The molecule has 0 fully saturated rings. The highest BCUT2D eigenvalue weighted by atomic mass is 16.6. The number of benzene rings is 1. The van der Waals surface area contributed by atoms with Crippen LogP contribution < -0.4 is 0 Å². The first kappa shape index (κ1) is 17.6. The van der Waals surface area contributed by atoms with Crippen molar-refractivity contribution >= 4 is 5.71 Å². The minimum absolute atomic E-state index is 0.0540. The van der Waals surface area contributed by atoms with E-state index >= 15 is 0 Å². The molecule has 1 unspecified atom stereocenters. The smallest absolute Gasteiger partial charge is 0.274 e. The Morgan fingerprint density at radius 2 is 2.04 bits per heavy atom. The predicted molar refractivity (Wildman–Crippen MR) is 95.8 cm³/mol. The first-order valence-corrected chi connectivity index (χ1v) is 7.94. The fourth-order valence-corrected chi connectivity index (χ4v) is 2.67. The molecule has 0 saturated heterocycles. The molecule has 0 aromatic heterocycles.